The quantitative estimate of drug-likeness (QED) is 0.801. The maximum atomic E-state index is 12.0. The molecule has 2 unspecified atom stereocenters. The lowest BCUT2D eigenvalue weighted by Crippen LogP contribution is -2.57. The van der Waals surface area contributed by atoms with Crippen LogP contribution in [0.2, 0.25) is 0 Å². The number of ether oxygens (including phenoxy) is 1. The molecular weight excluding hydrogens is 240 g/mol. The first kappa shape index (κ1) is 14.7. The van der Waals surface area contributed by atoms with Gasteiger partial charge in [-0.2, -0.15) is 0 Å². The van der Waals surface area contributed by atoms with Crippen LogP contribution in [0.5, 0.6) is 0 Å². The van der Waals surface area contributed by atoms with E-state index < -0.39 is 5.54 Å². The largest absolute Gasteiger partial charge is 0.381 e. The molecule has 1 amide bonds. The van der Waals surface area contributed by atoms with E-state index in [2.05, 4.69) is 12.2 Å². The van der Waals surface area contributed by atoms with Crippen molar-refractivity contribution in [3.63, 3.8) is 0 Å². The summed E-state index contributed by atoms with van der Waals surface area (Å²) in [5, 5.41) is 3.08. The number of carbonyl (C=O) groups is 1. The Balaban J connectivity index is 0.00000144. The van der Waals surface area contributed by atoms with Crippen molar-refractivity contribution in [2.24, 2.45) is 11.7 Å². The zero-order valence-electron chi connectivity index (χ0n) is 10.4. The van der Waals surface area contributed by atoms with Gasteiger partial charge in [0.2, 0.25) is 5.91 Å². The molecule has 2 fully saturated rings. The summed E-state index contributed by atoms with van der Waals surface area (Å²) in [4.78, 5) is 12.0. The van der Waals surface area contributed by atoms with Crippen LogP contribution in [-0.2, 0) is 9.53 Å². The first-order valence-electron chi connectivity index (χ1n) is 6.33. The maximum Gasteiger partial charge on any atom is 0.240 e. The Labute approximate surface area is 109 Å². The third-order valence-corrected chi connectivity index (χ3v) is 3.74. The smallest absolute Gasteiger partial charge is 0.240 e. The predicted molar refractivity (Wildman–Crippen MR) is 69.2 cm³/mol. The molecule has 4 nitrogen and oxygen atoms in total. The summed E-state index contributed by atoms with van der Waals surface area (Å²) in [6.45, 7) is 3.39. The Morgan fingerprint density at radius 3 is 2.71 bits per heavy atom. The molecule has 3 N–H and O–H groups in total. The standard InChI is InChI=1S/C12H22N2O2.ClH/c1-2-3-9-8-10(9)14-11(15)12(13)4-6-16-7-5-12;/h9-10H,2-8,13H2,1H3,(H,14,15);1H. The fraction of sp³-hybridized carbons (Fsp3) is 0.917. The summed E-state index contributed by atoms with van der Waals surface area (Å²) >= 11 is 0. The van der Waals surface area contributed by atoms with Gasteiger partial charge in [0.25, 0.3) is 0 Å². The number of amides is 1. The molecule has 0 spiro atoms. The molecule has 17 heavy (non-hydrogen) atoms. The van der Waals surface area contributed by atoms with E-state index in [-0.39, 0.29) is 18.3 Å². The molecule has 0 aromatic rings. The van der Waals surface area contributed by atoms with Gasteiger partial charge in [-0.3, -0.25) is 4.79 Å². The monoisotopic (exact) mass is 262 g/mol. The Morgan fingerprint density at radius 1 is 1.47 bits per heavy atom. The lowest BCUT2D eigenvalue weighted by Gasteiger charge is -2.31. The van der Waals surface area contributed by atoms with E-state index in [1.165, 1.54) is 12.8 Å². The van der Waals surface area contributed by atoms with Crippen LogP contribution in [0, 0.1) is 5.92 Å². The van der Waals surface area contributed by atoms with Gasteiger partial charge in [0, 0.05) is 19.3 Å². The molecule has 100 valence electrons. The van der Waals surface area contributed by atoms with Crippen LogP contribution in [0.15, 0.2) is 0 Å². The van der Waals surface area contributed by atoms with Crippen LogP contribution in [0.3, 0.4) is 0 Å². The summed E-state index contributed by atoms with van der Waals surface area (Å²) in [5.74, 6) is 0.719. The molecule has 5 heteroatoms. The first-order chi connectivity index (χ1) is 7.65. The minimum absolute atomic E-state index is 0. The van der Waals surface area contributed by atoms with Gasteiger partial charge in [-0.25, -0.2) is 0 Å². The number of nitrogens with one attached hydrogen (secondary N) is 1. The minimum atomic E-state index is -0.683. The fourth-order valence-electron chi connectivity index (χ4n) is 2.39. The second kappa shape index (κ2) is 6.03. The molecule has 0 bridgehead atoms. The van der Waals surface area contributed by atoms with Crippen LogP contribution in [0.1, 0.15) is 39.0 Å². The summed E-state index contributed by atoms with van der Waals surface area (Å²) in [7, 11) is 0. The second-order valence-corrected chi connectivity index (χ2v) is 5.13. The van der Waals surface area contributed by atoms with Gasteiger partial charge >= 0.3 is 0 Å². The van der Waals surface area contributed by atoms with Crippen LogP contribution in [0.4, 0.5) is 0 Å². The van der Waals surface area contributed by atoms with Crippen molar-refractivity contribution in [2.45, 2.75) is 50.6 Å². The van der Waals surface area contributed by atoms with Crippen molar-refractivity contribution < 1.29 is 9.53 Å². The number of nitrogens with two attached hydrogens (primary N) is 1. The Bertz CT molecular complexity index is 267. The van der Waals surface area contributed by atoms with E-state index in [1.54, 1.807) is 0 Å². The summed E-state index contributed by atoms with van der Waals surface area (Å²) < 4.78 is 5.24. The van der Waals surface area contributed by atoms with Crippen LogP contribution >= 0.6 is 12.4 Å². The van der Waals surface area contributed by atoms with Gasteiger partial charge in [0.1, 0.15) is 0 Å². The van der Waals surface area contributed by atoms with Gasteiger partial charge in [-0.05, 0) is 31.6 Å². The van der Waals surface area contributed by atoms with E-state index in [0.29, 0.717) is 38.0 Å². The van der Waals surface area contributed by atoms with Gasteiger partial charge < -0.3 is 15.8 Å². The third kappa shape index (κ3) is 3.57. The lowest BCUT2D eigenvalue weighted by molar-refractivity contribution is -0.130. The average molecular weight is 263 g/mol. The number of halogens is 1. The number of rotatable bonds is 4. The first-order valence-corrected chi connectivity index (χ1v) is 6.33. The lowest BCUT2D eigenvalue weighted by atomic mass is 9.90. The van der Waals surface area contributed by atoms with Crippen molar-refractivity contribution in [1.29, 1.82) is 0 Å². The topological polar surface area (TPSA) is 64.4 Å². The molecule has 1 saturated carbocycles. The van der Waals surface area contributed by atoms with Crippen molar-refractivity contribution in [3.05, 3.63) is 0 Å². The summed E-state index contributed by atoms with van der Waals surface area (Å²) in [6, 6.07) is 0.385. The normalized spacial score (nSPS) is 30.2. The number of hydrogen-bond acceptors (Lipinski definition) is 3. The molecule has 2 atom stereocenters. The minimum Gasteiger partial charge on any atom is -0.381 e. The fourth-order valence-corrected chi connectivity index (χ4v) is 2.39. The Morgan fingerprint density at radius 2 is 2.12 bits per heavy atom. The summed E-state index contributed by atoms with van der Waals surface area (Å²) in [6.07, 6.45) is 4.82. The van der Waals surface area contributed by atoms with Crippen molar-refractivity contribution in [1.82, 2.24) is 5.32 Å². The highest BCUT2D eigenvalue weighted by molar-refractivity contribution is 5.86. The van der Waals surface area contributed by atoms with Crippen molar-refractivity contribution in [2.75, 3.05) is 13.2 Å². The summed E-state index contributed by atoms with van der Waals surface area (Å²) in [5.41, 5.74) is 5.42. The highest BCUT2D eigenvalue weighted by Crippen LogP contribution is 2.35. The second-order valence-electron chi connectivity index (χ2n) is 5.13. The molecular formula is C12H23ClN2O2. The van der Waals surface area contributed by atoms with Gasteiger partial charge in [-0.1, -0.05) is 13.3 Å². The molecule has 1 saturated heterocycles. The highest BCUT2D eigenvalue weighted by Gasteiger charge is 2.42. The van der Waals surface area contributed by atoms with E-state index >= 15 is 0 Å². The van der Waals surface area contributed by atoms with Crippen LogP contribution < -0.4 is 11.1 Å². The molecule has 2 rings (SSSR count). The van der Waals surface area contributed by atoms with Crippen molar-refractivity contribution in [3.8, 4) is 0 Å². The molecule has 0 aromatic heterocycles. The molecule has 0 aromatic carbocycles. The predicted octanol–water partition coefficient (Wildman–Crippen LogP) is 1.22. The Kier molecular flexibility index (Phi) is 5.22. The van der Waals surface area contributed by atoms with E-state index in [1.807, 2.05) is 0 Å². The van der Waals surface area contributed by atoms with Gasteiger partial charge in [0.05, 0.1) is 5.54 Å². The zero-order valence-corrected chi connectivity index (χ0v) is 11.2. The van der Waals surface area contributed by atoms with E-state index in [4.69, 9.17) is 10.5 Å². The Hall–Kier alpha value is -0.320. The molecule has 1 aliphatic carbocycles. The van der Waals surface area contributed by atoms with Crippen LogP contribution in [0.25, 0.3) is 0 Å². The van der Waals surface area contributed by atoms with Crippen molar-refractivity contribution >= 4 is 18.3 Å². The molecule has 1 aliphatic heterocycles. The zero-order chi connectivity index (χ0) is 11.6. The number of carbonyl (C=O) groups excluding carboxylic acids is 1. The SMILES string of the molecule is CCCC1CC1NC(=O)C1(N)CCOCC1.Cl. The van der Waals surface area contributed by atoms with E-state index in [0.717, 1.165) is 6.42 Å². The van der Waals surface area contributed by atoms with Crippen LogP contribution in [-0.4, -0.2) is 30.7 Å². The van der Waals surface area contributed by atoms with Gasteiger partial charge in [-0.15, -0.1) is 12.4 Å². The number of hydrogen-bond donors (Lipinski definition) is 2. The highest BCUT2D eigenvalue weighted by atomic mass is 35.5. The molecule has 2 aliphatic rings. The average Bonchev–Trinajstić information content (AvgIpc) is 2.98. The third-order valence-electron chi connectivity index (χ3n) is 3.74. The van der Waals surface area contributed by atoms with Gasteiger partial charge in [0.15, 0.2) is 0 Å². The van der Waals surface area contributed by atoms with E-state index in [9.17, 15) is 4.79 Å². The molecule has 0 radical (unpaired) electrons. The molecule has 1 heterocycles. The maximum absolute atomic E-state index is 12.0.